The zero-order valence-corrected chi connectivity index (χ0v) is 12.4. The van der Waals surface area contributed by atoms with Crippen LogP contribution in [0.25, 0.3) is 0 Å². The summed E-state index contributed by atoms with van der Waals surface area (Å²) in [6.07, 6.45) is 2.38. The molecule has 3 heteroatoms. The Labute approximate surface area is 110 Å². The van der Waals surface area contributed by atoms with Crippen molar-refractivity contribution >= 4 is 7.85 Å². The normalized spacial score (nSPS) is 13.9. The lowest BCUT2D eigenvalue weighted by Crippen LogP contribution is -2.28. The second kappa shape index (κ2) is 9.96. The third-order valence-corrected chi connectivity index (χ3v) is 2.63. The molecule has 0 aliphatic rings. The Kier molecular flexibility index (Phi) is 9.95. The SMILES string of the molecule is [B]C(COCCCC(C)C)CN(C)CC(C)C. The average Bonchev–Trinajstić information content (AvgIpc) is 2.14. The number of rotatable bonds is 10. The molecular weight excluding hydrogens is 209 g/mol. The summed E-state index contributed by atoms with van der Waals surface area (Å²) in [6, 6.07) is 0. The van der Waals surface area contributed by atoms with Gasteiger partial charge in [0.25, 0.3) is 0 Å². The van der Waals surface area contributed by atoms with Crippen molar-refractivity contribution in [2.24, 2.45) is 11.8 Å². The molecule has 0 saturated carbocycles. The maximum atomic E-state index is 6.03. The topological polar surface area (TPSA) is 12.5 Å². The molecule has 1 unspecified atom stereocenters. The van der Waals surface area contributed by atoms with Crippen LogP contribution in [-0.4, -0.2) is 46.1 Å². The standard InChI is InChI=1S/C14H30BNO/c1-12(2)7-6-8-17-11-14(15)10-16(5)9-13(3)4/h12-14H,6-11H2,1-5H3. The van der Waals surface area contributed by atoms with Crippen LogP contribution in [0.5, 0.6) is 0 Å². The number of hydrogen-bond acceptors (Lipinski definition) is 2. The van der Waals surface area contributed by atoms with Crippen molar-refractivity contribution in [3.63, 3.8) is 0 Å². The maximum absolute atomic E-state index is 6.03. The van der Waals surface area contributed by atoms with Crippen molar-refractivity contribution < 1.29 is 4.74 Å². The first-order valence-corrected chi connectivity index (χ1v) is 6.93. The van der Waals surface area contributed by atoms with Crippen LogP contribution in [-0.2, 0) is 4.74 Å². The van der Waals surface area contributed by atoms with Gasteiger partial charge in [-0.3, -0.25) is 0 Å². The lowest BCUT2D eigenvalue weighted by atomic mass is 9.88. The predicted molar refractivity (Wildman–Crippen MR) is 76.7 cm³/mol. The van der Waals surface area contributed by atoms with E-state index in [0.29, 0.717) is 12.5 Å². The molecule has 0 heterocycles. The van der Waals surface area contributed by atoms with E-state index in [2.05, 4.69) is 39.6 Å². The van der Waals surface area contributed by atoms with E-state index in [-0.39, 0.29) is 5.82 Å². The van der Waals surface area contributed by atoms with Gasteiger partial charge in [0.15, 0.2) is 0 Å². The van der Waals surface area contributed by atoms with Gasteiger partial charge in [-0.05, 0) is 44.1 Å². The van der Waals surface area contributed by atoms with Gasteiger partial charge in [-0.1, -0.05) is 27.7 Å². The van der Waals surface area contributed by atoms with E-state index < -0.39 is 0 Å². The van der Waals surface area contributed by atoms with Gasteiger partial charge in [0, 0.05) is 19.8 Å². The summed E-state index contributed by atoms with van der Waals surface area (Å²) in [5, 5.41) is 0. The first-order chi connectivity index (χ1) is 7.91. The molecule has 0 N–H and O–H groups in total. The highest BCUT2D eigenvalue weighted by molar-refractivity contribution is 6.11. The van der Waals surface area contributed by atoms with Gasteiger partial charge in [-0.15, -0.1) is 0 Å². The van der Waals surface area contributed by atoms with Crippen LogP contribution in [0.4, 0.5) is 0 Å². The third-order valence-electron chi connectivity index (χ3n) is 2.63. The van der Waals surface area contributed by atoms with Crippen LogP contribution in [0.1, 0.15) is 40.5 Å². The van der Waals surface area contributed by atoms with E-state index in [1.807, 2.05) is 0 Å². The zero-order valence-electron chi connectivity index (χ0n) is 12.4. The molecule has 0 aromatic carbocycles. The van der Waals surface area contributed by atoms with Crippen molar-refractivity contribution in [3.8, 4) is 0 Å². The van der Waals surface area contributed by atoms with Crippen molar-refractivity contribution in [2.45, 2.75) is 46.4 Å². The number of nitrogens with zero attached hydrogens (tertiary/aromatic N) is 1. The van der Waals surface area contributed by atoms with E-state index in [9.17, 15) is 0 Å². The summed E-state index contributed by atoms with van der Waals surface area (Å²) in [4.78, 5) is 2.28. The summed E-state index contributed by atoms with van der Waals surface area (Å²) in [6.45, 7) is 12.5. The molecule has 0 fully saturated rings. The largest absolute Gasteiger partial charge is 0.382 e. The van der Waals surface area contributed by atoms with E-state index >= 15 is 0 Å². The molecule has 0 aliphatic heterocycles. The van der Waals surface area contributed by atoms with Crippen LogP contribution >= 0.6 is 0 Å². The summed E-state index contributed by atoms with van der Waals surface area (Å²) < 4.78 is 5.60. The molecule has 2 radical (unpaired) electrons. The molecule has 17 heavy (non-hydrogen) atoms. The van der Waals surface area contributed by atoms with Gasteiger partial charge in [0.2, 0.25) is 0 Å². The molecule has 0 amide bonds. The van der Waals surface area contributed by atoms with E-state index in [4.69, 9.17) is 12.6 Å². The highest BCUT2D eigenvalue weighted by Gasteiger charge is 2.07. The highest BCUT2D eigenvalue weighted by atomic mass is 16.5. The van der Waals surface area contributed by atoms with Gasteiger partial charge in [0.05, 0.1) is 7.85 Å². The fourth-order valence-corrected chi connectivity index (χ4v) is 1.98. The Balaban J connectivity index is 3.42. The van der Waals surface area contributed by atoms with Crippen LogP contribution in [0.3, 0.4) is 0 Å². The van der Waals surface area contributed by atoms with Crippen molar-refractivity contribution in [1.29, 1.82) is 0 Å². The van der Waals surface area contributed by atoms with Gasteiger partial charge >= 0.3 is 0 Å². The fourth-order valence-electron chi connectivity index (χ4n) is 1.98. The number of hydrogen-bond donors (Lipinski definition) is 0. The van der Waals surface area contributed by atoms with Gasteiger partial charge in [-0.25, -0.2) is 0 Å². The second-order valence-electron chi connectivity index (χ2n) is 5.99. The fraction of sp³-hybridized carbons (Fsp3) is 1.00. The van der Waals surface area contributed by atoms with Crippen LogP contribution in [0.2, 0.25) is 5.82 Å². The Morgan fingerprint density at radius 1 is 1.06 bits per heavy atom. The molecule has 2 nitrogen and oxygen atoms in total. The lowest BCUT2D eigenvalue weighted by molar-refractivity contribution is 0.117. The first-order valence-electron chi connectivity index (χ1n) is 6.93. The molecule has 0 aromatic heterocycles. The minimum absolute atomic E-state index is 0.137. The predicted octanol–water partition coefficient (Wildman–Crippen LogP) is 2.98. The van der Waals surface area contributed by atoms with Crippen molar-refractivity contribution in [3.05, 3.63) is 0 Å². The van der Waals surface area contributed by atoms with E-state index in [1.54, 1.807) is 0 Å². The van der Waals surface area contributed by atoms with Crippen LogP contribution in [0.15, 0.2) is 0 Å². The Morgan fingerprint density at radius 2 is 1.71 bits per heavy atom. The molecule has 0 aromatic rings. The minimum Gasteiger partial charge on any atom is -0.382 e. The summed E-state index contributed by atoms with van der Waals surface area (Å²) in [5.74, 6) is 1.60. The Morgan fingerprint density at radius 3 is 2.24 bits per heavy atom. The first kappa shape index (κ1) is 17.0. The van der Waals surface area contributed by atoms with E-state index in [0.717, 1.165) is 32.0 Å². The molecule has 0 rings (SSSR count). The minimum atomic E-state index is 0.137. The molecule has 0 aliphatic carbocycles. The smallest absolute Gasteiger partial charge is 0.0748 e. The maximum Gasteiger partial charge on any atom is 0.0748 e. The quantitative estimate of drug-likeness (QED) is 0.429. The molecule has 1 atom stereocenters. The van der Waals surface area contributed by atoms with Crippen molar-refractivity contribution in [1.82, 2.24) is 4.90 Å². The van der Waals surface area contributed by atoms with Gasteiger partial charge in [0.1, 0.15) is 0 Å². The van der Waals surface area contributed by atoms with E-state index in [1.165, 1.54) is 6.42 Å². The summed E-state index contributed by atoms with van der Waals surface area (Å²) in [5.41, 5.74) is 0. The Bertz CT molecular complexity index is 174. The molecule has 100 valence electrons. The van der Waals surface area contributed by atoms with Crippen LogP contribution < -0.4 is 0 Å². The molecule has 0 bridgehead atoms. The summed E-state index contributed by atoms with van der Waals surface area (Å²) >= 11 is 0. The zero-order chi connectivity index (χ0) is 13.3. The molecule has 0 spiro atoms. The summed E-state index contributed by atoms with van der Waals surface area (Å²) in [7, 11) is 8.15. The highest BCUT2D eigenvalue weighted by Crippen LogP contribution is 2.07. The monoisotopic (exact) mass is 239 g/mol. The number of ether oxygens (including phenoxy) is 1. The third kappa shape index (κ3) is 12.2. The van der Waals surface area contributed by atoms with Crippen molar-refractivity contribution in [2.75, 3.05) is 33.4 Å². The average molecular weight is 239 g/mol. The molecular formula is C14H30BNO. The second-order valence-corrected chi connectivity index (χ2v) is 5.99. The van der Waals surface area contributed by atoms with Crippen LogP contribution in [0, 0.1) is 11.8 Å². The van der Waals surface area contributed by atoms with Gasteiger partial charge in [-0.2, -0.15) is 0 Å². The lowest BCUT2D eigenvalue weighted by Gasteiger charge is -2.23. The Hall–Kier alpha value is -0.0151. The molecule has 0 saturated heterocycles. The van der Waals surface area contributed by atoms with Gasteiger partial charge < -0.3 is 9.64 Å².